The molecule has 6 nitrogen and oxygen atoms in total. The Hall–Kier alpha value is -2.37. The summed E-state index contributed by atoms with van der Waals surface area (Å²) < 4.78 is 5.30. The summed E-state index contributed by atoms with van der Waals surface area (Å²) >= 11 is 0. The van der Waals surface area contributed by atoms with Gasteiger partial charge in [-0.25, -0.2) is 4.79 Å². The number of carbonyl (C=O) groups is 1. The van der Waals surface area contributed by atoms with Crippen LogP contribution in [-0.4, -0.2) is 28.5 Å². The minimum absolute atomic E-state index is 0.0643. The third kappa shape index (κ3) is 4.34. The van der Waals surface area contributed by atoms with E-state index in [9.17, 15) is 14.9 Å². The van der Waals surface area contributed by atoms with Crippen LogP contribution < -0.4 is 0 Å². The van der Waals surface area contributed by atoms with Gasteiger partial charge in [0.05, 0.1) is 12.5 Å². The number of benzene rings is 1. The van der Waals surface area contributed by atoms with E-state index >= 15 is 0 Å². The van der Waals surface area contributed by atoms with E-state index in [1.54, 1.807) is 6.20 Å². The van der Waals surface area contributed by atoms with Crippen molar-refractivity contribution in [2.24, 2.45) is 5.92 Å². The molecule has 6 heteroatoms. The van der Waals surface area contributed by atoms with Crippen molar-refractivity contribution in [3.63, 3.8) is 0 Å². The van der Waals surface area contributed by atoms with E-state index in [2.05, 4.69) is 0 Å². The zero-order valence-electron chi connectivity index (χ0n) is 14.2. The van der Waals surface area contributed by atoms with E-state index in [1.165, 1.54) is 4.90 Å². The highest BCUT2D eigenvalue weighted by molar-refractivity contribution is 5.69. The summed E-state index contributed by atoms with van der Waals surface area (Å²) in [6, 6.07) is 8.60. The maximum absolute atomic E-state index is 12.3. The lowest BCUT2D eigenvalue weighted by atomic mass is 9.84. The second-order valence-corrected chi connectivity index (χ2v) is 6.00. The molecule has 1 amide bonds. The van der Waals surface area contributed by atoms with Crippen LogP contribution in [0.25, 0.3) is 0 Å². The van der Waals surface area contributed by atoms with Gasteiger partial charge in [0.2, 0.25) is 6.04 Å². The van der Waals surface area contributed by atoms with Gasteiger partial charge >= 0.3 is 6.09 Å². The smallest absolute Gasteiger partial charge is 0.414 e. The number of hydrogen-bond acceptors (Lipinski definition) is 4. The molecular weight excluding hydrogens is 308 g/mol. The molecule has 1 heterocycles. The Kier molecular flexibility index (Phi) is 6.35. The van der Waals surface area contributed by atoms with E-state index in [0.717, 1.165) is 24.0 Å². The molecule has 130 valence electrons. The van der Waals surface area contributed by atoms with Crippen molar-refractivity contribution in [3.8, 4) is 0 Å². The number of hydrogen-bond donors (Lipinski definition) is 0. The minimum atomic E-state index is -0.769. The van der Waals surface area contributed by atoms with E-state index in [1.807, 2.05) is 44.2 Å². The summed E-state index contributed by atoms with van der Waals surface area (Å²) in [6.45, 7) is 4.21. The zero-order chi connectivity index (χ0) is 17.5. The molecule has 1 aliphatic rings. The standard InChI is InChI=1S/C18H24N2O4/c1-3-8-16-15(4-2)11-19(12-17(16)20(22)23)18(21)24-13-14-9-6-5-7-10-14/h5-7,9-11,16-17H,3-4,8,12-13H2,1-2H3/t16-,17-/m0/s1. The van der Waals surface area contributed by atoms with Gasteiger partial charge in [-0.2, -0.15) is 0 Å². The van der Waals surface area contributed by atoms with Gasteiger partial charge in [0, 0.05) is 11.1 Å². The van der Waals surface area contributed by atoms with Crippen LogP contribution >= 0.6 is 0 Å². The van der Waals surface area contributed by atoms with Gasteiger partial charge in [-0.15, -0.1) is 0 Å². The van der Waals surface area contributed by atoms with Crippen LogP contribution in [0.4, 0.5) is 4.79 Å². The molecule has 24 heavy (non-hydrogen) atoms. The molecule has 1 aliphatic heterocycles. The molecule has 1 aromatic carbocycles. The Labute approximate surface area is 142 Å². The van der Waals surface area contributed by atoms with Crippen LogP contribution in [0.5, 0.6) is 0 Å². The summed E-state index contributed by atoms with van der Waals surface area (Å²) in [5.74, 6) is -0.104. The van der Waals surface area contributed by atoms with Gasteiger partial charge < -0.3 is 4.74 Å². The third-order valence-electron chi connectivity index (χ3n) is 4.36. The Bertz CT molecular complexity index is 600. The number of nitro groups is 1. The molecule has 0 saturated heterocycles. The van der Waals surface area contributed by atoms with Crippen molar-refractivity contribution < 1.29 is 14.5 Å². The summed E-state index contributed by atoms with van der Waals surface area (Å²) in [4.78, 5) is 24.8. The van der Waals surface area contributed by atoms with E-state index in [-0.39, 0.29) is 24.0 Å². The lowest BCUT2D eigenvalue weighted by molar-refractivity contribution is -0.531. The van der Waals surface area contributed by atoms with Crippen molar-refractivity contribution in [2.45, 2.75) is 45.8 Å². The van der Waals surface area contributed by atoms with Gasteiger partial charge in [0.25, 0.3) is 0 Å². The lowest BCUT2D eigenvalue weighted by Gasteiger charge is -2.32. The normalized spacial score (nSPS) is 20.4. The summed E-state index contributed by atoms with van der Waals surface area (Å²) in [6.07, 6.45) is 3.54. The fourth-order valence-corrected chi connectivity index (χ4v) is 3.11. The molecule has 0 fully saturated rings. The van der Waals surface area contributed by atoms with Gasteiger partial charge in [0.15, 0.2) is 0 Å². The lowest BCUT2D eigenvalue weighted by Crippen LogP contribution is -2.46. The van der Waals surface area contributed by atoms with Gasteiger partial charge in [-0.3, -0.25) is 15.0 Å². The zero-order valence-corrected chi connectivity index (χ0v) is 14.2. The third-order valence-corrected chi connectivity index (χ3v) is 4.36. The maximum Gasteiger partial charge on any atom is 0.414 e. The average molecular weight is 332 g/mol. The monoisotopic (exact) mass is 332 g/mol. The van der Waals surface area contributed by atoms with Gasteiger partial charge in [-0.05, 0) is 24.0 Å². The first-order valence-electron chi connectivity index (χ1n) is 8.38. The molecule has 0 unspecified atom stereocenters. The molecule has 0 radical (unpaired) electrons. The highest BCUT2D eigenvalue weighted by Gasteiger charge is 2.39. The van der Waals surface area contributed by atoms with Crippen molar-refractivity contribution >= 4 is 6.09 Å². The minimum Gasteiger partial charge on any atom is -0.444 e. The van der Waals surface area contributed by atoms with Gasteiger partial charge in [0.1, 0.15) is 6.61 Å². The van der Waals surface area contributed by atoms with Crippen LogP contribution in [0.1, 0.15) is 38.7 Å². The number of rotatable bonds is 6. The summed E-state index contributed by atoms with van der Waals surface area (Å²) in [7, 11) is 0. The predicted octanol–water partition coefficient (Wildman–Crippen LogP) is 3.99. The van der Waals surface area contributed by atoms with Crippen LogP contribution in [0.3, 0.4) is 0 Å². The Balaban J connectivity index is 2.09. The predicted molar refractivity (Wildman–Crippen MR) is 90.9 cm³/mol. The first-order chi connectivity index (χ1) is 11.6. The van der Waals surface area contributed by atoms with Crippen molar-refractivity contribution in [2.75, 3.05) is 6.54 Å². The van der Waals surface area contributed by atoms with E-state index in [4.69, 9.17) is 4.74 Å². The fraction of sp³-hybridized carbons (Fsp3) is 0.500. The fourth-order valence-electron chi connectivity index (χ4n) is 3.11. The van der Waals surface area contributed by atoms with Crippen molar-refractivity contribution in [1.82, 2.24) is 4.90 Å². The van der Waals surface area contributed by atoms with Crippen LogP contribution in [0, 0.1) is 16.0 Å². The second kappa shape index (κ2) is 8.47. The van der Waals surface area contributed by atoms with Crippen LogP contribution in [0.2, 0.25) is 0 Å². The first kappa shape index (κ1) is 18.0. The molecule has 1 aromatic rings. The SMILES string of the molecule is CCC[C@H]1C(CC)=CN(C(=O)OCc2ccccc2)C[C@@H]1[N+](=O)[O-]. The van der Waals surface area contributed by atoms with E-state index < -0.39 is 12.1 Å². The molecule has 0 spiro atoms. The van der Waals surface area contributed by atoms with E-state index in [0.29, 0.717) is 6.42 Å². The average Bonchev–Trinajstić information content (AvgIpc) is 2.60. The molecule has 0 N–H and O–H groups in total. The quantitative estimate of drug-likeness (QED) is 0.583. The highest BCUT2D eigenvalue weighted by atomic mass is 16.6. The highest BCUT2D eigenvalue weighted by Crippen LogP contribution is 2.30. The number of amides is 1. The number of carbonyl (C=O) groups excluding carboxylic acids is 1. The molecule has 0 bridgehead atoms. The second-order valence-electron chi connectivity index (χ2n) is 6.00. The van der Waals surface area contributed by atoms with Crippen LogP contribution in [0.15, 0.2) is 42.1 Å². The van der Waals surface area contributed by atoms with Crippen molar-refractivity contribution in [1.29, 1.82) is 0 Å². The number of ether oxygens (including phenoxy) is 1. The molecule has 0 saturated carbocycles. The maximum atomic E-state index is 12.3. The van der Waals surface area contributed by atoms with Crippen LogP contribution in [-0.2, 0) is 11.3 Å². The molecule has 2 rings (SSSR count). The van der Waals surface area contributed by atoms with Gasteiger partial charge in [-0.1, -0.05) is 50.6 Å². The summed E-state index contributed by atoms with van der Waals surface area (Å²) in [5.41, 5.74) is 1.83. The Morgan fingerprint density at radius 3 is 2.62 bits per heavy atom. The van der Waals surface area contributed by atoms with Crippen molar-refractivity contribution in [3.05, 3.63) is 57.8 Å². The molecule has 0 aliphatic carbocycles. The number of nitrogens with zero attached hydrogens (tertiary/aromatic N) is 2. The molecule has 2 atom stereocenters. The largest absolute Gasteiger partial charge is 0.444 e. The first-order valence-corrected chi connectivity index (χ1v) is 8.38. The Morgan fingerprint density at radius 2 is 2.04 bits per heavy atom. The topological polar surface area (TPSA) is 72.7 Å². The Morgan fingerprint density at radius 1 is 1.33 bits per heavy atom. The molecular formula is C18H24N2O4. The summed E-state index contributed by atoms with van der Waals surface area (Å²) in [5, 5.41) is 11.4. The molecule has 0 aromatic heterocycles.